The third-order valence-electron chi connectivity index (χ3n) is 3.96. The van der Waals surface area contributed by atoms with Crippen molar-refractivity contribution in [3.05, 3.63) is 57.3 Å². The van der Waals surface area contributed by atoms with E-state index < -0.39 is 0 Å². The molecule has 0 aliphatic carbocycles. The summed E-state index contributed by atoms with van der Waals surface area (Å²) in [5.41, 5.74) is 1.04. The van der Waals surface area contributed by atoms with Gasteiger partial charge in [-0.2, -0.15) is 5.10 Å². The van der Waals surface area contributed by atoms with Crippen LogP contribution < -0.4 is 5.32 Å². The highest BCUT2D eigenvalue weighted by Gasteiger charge is 2.10. The lowest BCUT2D eigenvalue weighted by molar-refractivity contribution is -0.116. The number of fused-ring (bicyclic) bond motifs is 1. The van der Waals surface area contributed by atoms with Crippen LogP contribution in [0.5, 0.6) is 0 Å². The van der Waals surface area contributed by atoms with Crippen LogP contribution in [0.4, 0.5) is 5.82 Å². The molecule has 0 aliphatic heterocycles. The van der Waals surface area contributed by atoms with Gasteiger partial charge in [-0.15, -0.1) is 22.7 Å². The monoisotopic (exact) mass is 492 g/mol. The fraction of sp³-hybridized carbons (Fsp3) is 0.211. The van der Waals surface area contributed by atoms with Crippen molar-refractivity contribution in [2.45, 2.75) is 23.7 Å². The van der Waals surface area contributed by atoms with Crippen molar-refractivity contribution >= 4 is 72.3 Å². The number of carbonyl (C=O) groups excluding carboxylic acids is 1. The number of aromatic nitrogens is 3. The van der Waals surface area contributed by atoms with Crippen LogP contribution in [0, 0.1) is 0 Å². The molecule has 28 heavy (non-hydrogen) atoms. The Balaban J connectivity index is 1.24. The summed E-state index contributed by atoms with van der Waals surface area (Å²) in [6.45, 7) is 0.645. The molecular formula is C19H17BrN4OS3. The van der Waals surface area contributed by atoms with Crippen molar-refractivity contribution in [1.29, 1.82) is 0 Å². The number of nitrogens with one attached hydrogen (secondary N) is 1. The minimum Gasteiger partial charge on any atom is -0.311 e. The minimum absolute atomic E-state index is 0.0130. The Hall–Kier alpha value is -1.68. The third-order valence-corrected chi connectivity index (χ3v) is 7.91. The zero-order chi connectivity index (χ0) is 19.3. The van der Waals surface area contributed by atoms with E-state index in [1.54, 1.807) is 40.6 Å². The van der Waals surface area contributed by atoms with Gasteiger partial charge in [-0.25, -0.2) is 9.67 Å². The first-order chi connectivity index (χ1) is 13.7. The molecule has 0 saturated heterocycles. The summed E-state index contributed by atoms with van der Waals surface area (Å²) in [6, 6.07) is 12.0. The number of benzene rings is 1. The van der Waals surface area contributed by atoms with E-state index in [0.29, 0.717) is 13.0 Å². The Labute approximate surface area is 183 Å². The molecule has 4 rings (SSSR count). The molecular weight excluding hydrogens is 476 g/mol. The lowest BCUT2D eigenvalue weighted by atomic mass is 10.3. The maximum Gasteiger partial charge on any atom is 0.225 e. The van der Waals surface area contributed by atoms with Crippen molar-refractivity contribution in [2.75, 3.05) is 11.1 Å². The van der Waals surface area contributed by atoms with E-state index in [2.05, 4.69) is 43.5 Å². The van der Waals surface area contributed by atoms with E-state index in [4.69, 9.17) is 0 Å². The number of halogens is 1. The van der Waals surface area contributed by atoms with Crippen molar-refractivity contribution in [2.24, 2.45) is 0 Å². The molecule has 3 aromatic heterocycles. The quantitative estimate of drug-likeness (QED) is 0.246. The Bertz CT molecular complexity index is 1050. The van der Waals surface area contributed by atoms with Crippen LogP contribution in [-0.4, -0.2) is 26.4 Å². The number of rotatable bonds is 8. The average molecular weight is 493 g/mol. The van der Waals surface area contributed by atoms with Crippen LogP contribution in [0.25, 0.3) is 10.2 Å². The molecule has 144 valence electrons. The second-order valence-electron chi connectivity index (χ2n) is 6.05. The molecule has 0 saturated carbocycles. The molecule has 5 nitrogen and oxygen atoms in total. The van der Waals surface area contributed by atoms with Crippen molar-refractivity contribution in [1.82, 2.24) is 14.8 Å². The van der Waals surface area contributed by atoms with Crippen LogP contribution in [-0.2, 0) is 11.3 Å². The van der Waals surface area contributed by atoms with E-state index in [0.717, 1.165) is 32.3 Å². The van der Waals surface area contributed by atoms with E-state index in [-0.39, 0.29) is 5.91 Å². The normalized spacial score (nSPS) is 11.2. The summed E-state index contributed by atoms with van der Waals surface area (Å²) < 4.78 is 5.14. The fourth-order valence-corrected chi connectivity index (χ4v) is 6.17. The van der Waals surface area contributed by atoms with Gasteiger partial charge in [0.05, 0.1) is 23.0 Å². The van der Waals surface area contributed by atoms with Gasteiger partial charge in [-0.3, -0.25) is 4.79 Å². The zero-order valence-corrected chi connectivity index (χ0v) is 18.8. The fourth-order valence-electron chi connectivity index (χ4n) is 2.66. The predicted molar refractivity (Wildman–Crippen MR) is 122 cm³/mol. The number of thioether (sulfide) groups is 1. The third kappa shape index (κ3) is 5.02. The predicted octanol–water partition coefficient (Wildman–Crippen LogP) is 5.88. The maximum absolute atomic E-state index is 12.3. The van der Waals surface area contributed by atoms with Gasteiger partial charge in [-0.05, 0) is 40.5 Å². The van der Waals surface area contributed by atoms with Crippen LogP contribution >= 0.6 is 50.4 Å². The Morgan fingerprint density at radius 2 is 2.18 bits per heavy atom. The van der Waals surface area contributed by atoms with Gasteiger partial charge in [0.15, 0.2) is 4.34 Å². The first kappa shape index (κ1) is 19.6. The maximum atomic E-state index is 12.3. The SMILES string of the molecule is O=C(CCCSc1nc2ccccc2s1)Nc1ccnn1Cc1cc(Br)cs1. The highest BCUT2D eigenvalue weighted by Crippen LogP contribution is 2.29. The van der Waals surface area contributed by atoms with Crippen molar-refractivity contribution in [3.63, 3.8) is 0 Å². The molecule has 3 heterocycles. The number of carbonyl (C=O) groups is 1. The molecule has 0 fully saturated rings. The molecule has 9 heteroatoms. The molecule has 4 aromatic rings. The summed E-state index contributed by atoms with van der Waals surface area (Å²) >= 11 is 8.54. The summed E-state index contributed by atoms with van der Waals surface area (Å²) in [4.78, 5) is 18.1. The first-order valence-corrected chi connectivity index (χ1v) is 12.2. The lowest BCUT2D eigenvalue weighted by Crippen LogP contribution is -2.15. The molecule has 0 aliphatic rings. The molecule has 1 amide bonds. The van der Waals surface area contributed by atoms with Crippen LogP contribution in [0.2, 0.25) is 0 Å². The van der Waals surface area contributed by atoms with Gasteiger partial charge in [0, 0.05) is 33.0 Å². The van der Waals surface area contributed by atoms with Gasteiger partial charge in [0.25, 0.3) is 0 Å². The minimum atomic E-state index is 0.0130. The highest BCUT2D eigenvalue weighted by molar-refractivity contribution is 9.10. The number of hydrogen-bond acceptors (Lipinski definition) is 6. The number of para-hydroxylation sites is 1. The number of anilines is 1. The van der Waals surface area contributed by atoms with Crippen molar-refractivity contribution in [3.8, 4) is 0 Å². The van der Waals surface area contributed by atoms with E-state index >= 15 is 0 Å². The van der Waals surface area contributed by atoms with Gasteiger partial charge in [0.1, 0.15) is 5.82 Å². The summed E-state index contributed by atoms with van der Waals surface area (Å²) in [5, 5.41) is 9.32. The number of amides is 1. The van der Waals surface area contributed by atoms with Crippen LogP contribution in [0.15, 0.2) is 56.8 Å². The first-order valence-electron chi connectivity index (χ1n) is 8.70. The summed E-state index contributed by atoms with van der Waals surface area (Å²) in [7, 11) is 0. The number of nitrogens with zero attached hydrogens (tertiary/aromatic N) is 3. The smallest absolute Gasteiger partial charge is 0.225 e. The number of thiazole rings is 1. The molecule has 1 aromatic carbocycles. The molecule has 0 radical (unpaired) electrons. The van der Waals surface area contributed by atoms with E-state index in [9.17, 15) is 4.79 Å². The standard InChI is InChI=1S/C19H17BrN4OS3/c20-13-10-14(27-12-13)11-24-17(7-8-21-24)23-18(25)6-3-9-26-19-22-15-4-1-2-5-16(15)28-19/h1-2,4-5,7-8,10,12H,3,6,9,11H2,(H,23,25). The zero-order valence-electron chi connectivity index (χ0n) is 14.8. The molecule has 1 N–H and O–H groups in total. The van der Waals surface area contributed by atoms with E-state index in [1.165, 1.54) is 9.58 Å². The Kier molecular flexibility index (Phi) is 6.46. The lowest BCUT2D eigenvalue weighted by Gasteiger charge is -2.08. The largest absolute Gasteiger partial charge is 0.311 e. The highest BCUT2D eigenvalue weighted by atomic mass is 79.9. The van der Waals surface area contributed by atoms with Crippen molar-refractivity contribution < 1.29 is 4.79 Å². The van der Waals surface area contributed by atoms with Gasteiger partial charge < -0.3 is 5.32 Å². The number of thiophene rings is 1. The van der Waals surface area contributed by atoms with Crippen LogP contribution in [0.1, 0.15) is 17.7 Å². The molecule has 0 unspecified atom stereocenters. The second kappa shape index (κ2) is 9.21. The Morgan fingerprint density at radius 3 is 3.00 bits per heavy atom. The number of hydrogen-bond donors (Lipinski definition) is 1. The van der Waals surface area contributed by atoms with Gasteiger partial charge in [-0.1, -0.05) is 23.9 Å². The molecule has 0 spiro atoms. The van der Waals surface area contributed by atoms with Gasteiger partial charge >= 0.3 is 0 Å². The van der Waals surface area contributed by atoms with Crippen LogP contribution in [0.3, 0.4) is 0 Å². The summed E-state index contributed by atoms with van der Waals surface area (Å²) in [6.07, 6.45) is 2.99. The van der Waals surface area contributed by atoms with Gasteiger partial charge in [0.2, 0.25) is 5.91 Å². The molecule has 0 atom stereocenters. The Morgan fingerprint density at radius 1 is 1.29 bits per heavy atom. The summed E-state index contributed by atoms with van der Waals surface area (Å²) in [5.74, 6) is 1.61. The molecule has 0 bridgehead atoms. The van der Waals surface area contributed by atoms with E-state index in [1.807, 2.05) is 34.3 Å². The topological polar surface area (TPSA) is 59.8 Å². The second-order valence-corrected chi connectivity index (χ2v) is 10.3. The average Bonchev–Trinajstić information content (AvgIpc) is 3.39.